The van der Waals surface area contributed by atoms with Crippen LogP contribution in [0, 0.1) is 0 Å². The van der Waals surface area contributed by atoms with Crippen molar-refractivity contribution in [2.24, 2.45) is 0 Å². The molecule has 2 aliphatic carbocycles. The number of alkyl carbamates (subject to hydrolysis) is 1. The molecule has 2 saturated carbocycles. The topological polar surface area (TPSA) is 115 Å². The van der Waals surface area contributed by atoms with Crippen LogP contribution in [-0.2, 0) is 21.4 Å². The van der Waals surface area contributed by atoms with E-state index in [1.165, 1.54) is 3.97 Å². The molecule has 0 bridgehead atoms. The van der Waals surface area contributed by atoms with Crippen LogP contribution in [0.2, 0.25) is 0 Å². The van der Waals surface area contributed by atoms with E-state index < -0.39 is 16.1 Å². The SMILES string of the molecule is O=C(N[C@H]1CCC[C@@H](Nc2ncc(C3CC3)c(-c3cn(S(=O)(=O)c4ccccc4)c4ccccc34)n2)C1)OCc1ccccc1. The molecule has 0 aliphatic heterocycles. The molecule has 3 aromatic carbocycles. The van der Waals surface area contributed by atoms with Crippen molar-refractivity contribution in [1.82, 2.24) is 19.3 Å². The van der Waals surface area contributed by atoms with Crippen LogP contribution in [0.25, 0.3) is 22.2 Å². The van der Waals surface area contributed by atoms with Crippen molar-refractivity contribution >= 4 is 33.0 Å². The number of nitrogens with one attached hydrogen (secondary N) is 2. The number of benzene rings is 3. The number of amides is 1. The second-order valence-corrected chi connectivity index (χ2v) is 13.7. The van der Waals surface area contributed by atoms with E-state index in [1.54, 1.807) is 36.5 Å². The fourth-order valence-electron chi connectivity index (χ4n) is 6.18. The van der Waals surface area contributed by atoms with Crippen LogP contribution in [0.5, 0.6) is 0 Å². The van der Waals surface area contributed by atoms with Gasteiger partial charge in [-0.1, -0.05) is 66.7 Å². The Hall–Kier alpha value is -4.70. The van der Waals surface area contributed by atoms with Gasteiger partial charge in [0.2, 0.25) is 5.95 Å². The fraction of sp³-hybridized carbons (Fsp3) is 0.286. The Morgan fingerprint density at radius 3 is 2.38 bits per heavy atom. The van der Waals surface area contributed by atoms with Gasteiger partial charge in [0.1, 0.15) is 6.61 Å². The smallest absolute Gasteiger partial charge is 0.407 e. The molecule has 0 saturated heterocycles. The number of carbonyl (C=O) groups is 1. The summed E-state index contributed by atoms with van der Waals surface area (Å²) in [5.41, 5.74) is 4.10. The number of anilines is 1. The zero-order chi connectivity index (χ0) is 30.8. The van der Waals surface area contributed by atoms with Crippen LogP contribution in [0.4, 0.5) is 10.7 Å². The van der Waals surface area contributed by atoms with Gasteiger partial charge >= 0.3 is 6.09 Å². The molecule has 230 valence electrons. The van der Waals surface area contributed by atoms with Gasteiger partial charge in [-0.2, -0.15) is 0 Å². The molecule has 45 heavy (non-hydrogen) atoms. The minimum Gasteiger partial charge on any atom is -0.445 e. The molecule has 0 unspecified atom stereocenters. The summed E-state index contributed by atoms with van der Waals surface area (Å²) in [6.45, 7) is 0.230. The van der Waals surface area contributed by atoms with Gasteiger partial charge in [0, 0.05) is 41.0 Å². The first-order chi connectivity index (χ1) is 22.0. The Balaban J connectivity index is 1.13. The quantitative estimate of drug-likeness (QED) is 0.185. The van der Waals surface area contributed by atoms with Gasteiger partial charge in [-0.3, -0.25) is 0 Å². The van der Waals surface area contributed by atoms with Crippen molar-refractivity contribution in [3.63, 3.8) is 0 Å². The van der Waals surface area contributed by atoms with Crippen molar-refractivity contribution in [3.8, 4) is 11.3 Å². The van der Waals surface area contributed by atoms with Crippen LogP contribution in [0.1, 0.15) is 55.6 Å². The Morgan fingerprint density at radius 2 is 1.60 bits per heavy atom. The average Bonchev–Trinajstić information content (AvgIpc) is 3.84. The molecule has 2 aromatic heterocycles. The zero-order valence-corrected chi connectivity index (χ0v) is 25.6. The molecule has 2 atom stereocenters. The van der Waals surface area contributed by atoms with E-state index in [0.717, 1.165) is 66.3 Å². The third-order valence-corrected chi connectivity index (χ3v) is 10.3. The van der Waals surface area contributed by atoms with Gasteiger partial charge < -0.3 is 15.4 Å². The maximum Gasteiger partial charge on any atom is 0.407 e. The summed E-state index contributed by atoms with van der Waals surface area (Å²) in [7, 11) is -3.83. The molecular formula is C35H35N5O4S. The fourth-order valence-corrected chi connectivity index (χ4v) is 7.57. The highest BCUT2D eigenvalue weighted by Gasteiger charge is 2.31. The summed E-state index contributed by atoms with van der Waals surface area (Å²) in [6.07, 6.45) is 8.75. The van der Waals surface area contributed by atoms with Gasteiger partial charge in [-0.05, 0) is 68.2 Å². The summed E-state index contributed by atoms with van der Waals surface area (Å²) in [5, 5.41) is 7.35. The van der Waals surface area contributed by atoms with Crippen molar-refractivity contribution < 1.29 is 17.9 Å². The number of hydrogen-bond acceptors (Lipinski definition) is 7. The lowest BCUT2D eigenvalue weighted by molar-refractivity contribution is 0.132. The molecule has 2 aliphatic rings. The number of para-hydroxylation sites is 1. The molecule has 0 radical (unpaired) electrons. The number of nitrogens with zero attached hydrogens (tertiary/aromatic N) is 3. The highest BCUT2D eigenvalue weighted by molar-refractivity contribution is 7.90. The average molecular weight is 622 g/mol. The third kappa shape index (κ3) is 6.28. The molecule has 10 heteroatoms. The van der Waals surface area contributed by atoms with Crippen molar-refractivity contribution in [2.75, 3.05) is 5.32 Å². The standard InChI is InChI=1S/C35H35N5O4S/c41-35(44-23-24-10-3-1-4-11-24)38-27-13-9-12-26(20-27)37-34-36-21-30(25-18-19-25)33(39-34)31-22-40(32-17-8-7-16-29(31)32)45(42,43)28-14-5-2-6-15-28/h1-8,10-11,14-17,21-22,25-27H,9,12-13,18-20,23H2,(H,38,41)(H,36,37,39)/t26-,27+/m1/s1. The van der Waals surface area contributed by atoms with Crippen molar-refractivity contribution in [3.05, 3.63) is 108 Å². The van der Waals surface area contributed by atoms with Crippen LogP contribution in [0.15, 0.2) is 102 Å². The van der Waals surface area contributed by atoms with E-state index in [-0.39, 0.29) is 23.6 Å². The lowest BCUT2D eigenvalue weighted by atomic mass is 9.91. The molecule has 2 N–H and O–H groups in total. The van der Waals surface area contributed by atoms with Crippen molar-refractivity contribution in [2.45, 2.75) is 68.0 Å². The van der Waals surface area contributed by atoms with Gasteiger partial charge in [0.15, 0.2) is 0 Å². The predicted octanol–water partition coefficient (Wildman–Crippen LogP) is 6.86. The number of aromatic nitrogens is 3. The first kappa shape index (κ1) is 29.0. The summed E-state index contributed by atoms with van der Waals surface area (Å²) in [4.78, 5) is 22.5. The summed E-state index contributed by atoms with van der Waals surface area (Å²) >= 11 is 0. The lowest BCUT2D eigenvalue weighted by Gasteiger charge is -2.30. The van der Waals surface area contributed by atoms with Gasteiger partial charge in [0.25, 0.3) is 10.0 Å². The number of ether oxygens (including phenoxy) is 1. The summed E-state index contributed by atoms with van der Waals surface area (Å²) < 4.78 is 34.3. The second kappa shape index (κ2) is 12.4. The Labute approximate surface area is 262 Å². The maximum atomic E-state index is 13.8. The monoisotopic (exact) mass is 621 g/mol. The van der Waals surface area contributed by atoms with Crippen LogP contribution in [-0.4, -0.2) is 40.5 Å². The van der Waals surface area contributed by atoms with Crippen LogP contribution in [0.3, 0.4) is 0 Å². The minimum absolute atomic E-state index is 0.0223. The molecule has 1 amide bonds. The van der Waals surface area contributed by atoms with Gasteiger partial charge in [-0.25, -0.2) is 27.2 Å². The number of carbonyl (C=O) groups excluding carboxylic acids is 1. The third-order valence-electron chi connectivity index (χ3n) is 8.61. The first-order valence-corrected chi connectivity index (χ1v) is 16.9. The summed E-state index contributed by atoms with van der Waals surface area (Å²) in [5.74, 6) is 0.849. The van der Waals surface area contributed by atoms with Crippen molar-refractivity contribution in [1.29, 1.82) is 0 Å². The number of fused-ring (bicyclic) bond motifs is 1. The van der Waals surface area contributed by atoms with E-state index in [1.807, 2.05) is 60.8 Å². The molecule has 9 nitrogen and oxygen atoms in total. The Kier molecular flexibility index (Phi) is 7.97. The maximum absolute atomic E-state index is 13.8. The second-order valence-electron chi connectivity index (χ2n) is 11.9. The highest BCUT2D eigenvalue weighted by Crippen LogP contribution is 2.45. The molecular weight excluding hydrogens is 586 g/mol. The Morgan fingerprint density at radius 1 is 0.889 bits per heavy atom. The highest BCUT2D eigenvalue weighted by atomic mass is 32.2. The zero-order valence-electron chi connectivity index (χ0n) is 24.8. The van der Waals surface area contributed by atoms with E-state index >= 15 is 0 Å². The van der Waals surface area contributed by atoms with Crippen LogP contribution >= 0.6 is 0 Å². The van der Waals surface area contributed by atoms with Crippen LogP contribution < -0.4 is 10.6 Å². The van der Waals surface area contributed by atoms with E-state index in [0.29, 0.717) is 17.4 Å². The first-order valence-electron chi connectivity index (χ1n) is 15.5. The molecule has 5 aromatic rings. The minimum atomic E-state index is -3.83. The number of rotatable bonds is 9. The largest absolute Gasteiger partial charge is 0.445 e. The van der Waals surface area contributed by atoms with E-state index in [2.05, 4.69) is 10.6 Å². The van der Waals surface area contributed by atoms with Gasteiger partial charge in [0.05, 0.1) is 16.1 Å². The molecule has 2 heterocycles. The number of hydrogen-bond donors (Lipinski definition) is 2. The molecule has 2 fully saturated rings. The molecule has 0 spiro atoms. The lowest BCUT2D eigenvalue weighted by Crippen LogP contribution is -2.42. The Bertz CT molecular complexity index is 1920. The van der Waals surface area contributed by atoms with Gasteiger partial charge in [-0.15, -0.1) is 0 Å². The van der Waals surface area contributed by atoms with E-state index in [9.17, 15) is 13.2 Å². The molecule has 7 rings (SSSR count). The predicted molar refractivity (Wildman–Crippen MR) is 173 cm³/mol. The normalized spacial score (nSPS) is 18.4. The summed E-state index contributed by atoms with van der Waals surface area (Å²) in [6, 6.07) is 25.7. The van der Waals surface area contributed by atoms with E-state index in [4.69, 9.17) is 14.7 Å².